The average Bonchev–Trinajstić information content (AvgIpc) is 3.05. The lowest BCUT2D eigenvalue weighted by Gasteiger charge is -2.08. The Morgan fingerprint density at radius 3 is 3.00 bits per heavy atom. The molecule has 3 aromatic rings. The third kappa shape index (κ3) is 4.05. The summed E-state index contributed by atoms with van der Waals surface area (Å²) < 4.78 is 2.57. The normalized spacial score (nSPS) is 12.8. The SMILES string of the molecule is C=Cc1cnn(-c2nc(Cc3c(C)nc4c(cc3=N)CCC=CN4)ccc2Br)c1. The molecule has 4 heterocycles. The van der Waals surface area contributed by atoms with Gasteiger partial charge in [-0.1, -0.05) is 18.7 Å². The van der Waals surface area contributed by atoms with E-state index < -0.39 is 0 Å². The van der Waals surface area contributed by atoms with Gasteiger partial charge in [-0.05, 0) is 65.7 Å². The first-order valence-corrected chi connectivity index (χ1v) is 10.2. The van der Waals surface area contributed by atoms with Crippen molar-refractivity contribution in [2.75, 3.05) is 5.32 Å². The van der Waals surface area contributed by atoms with Gasteiger partial charge >= 0.3 is 0 Å². The molecule has 6 nitrogen and oxygen atoms in total. The molecule has 7 heteroatoms. The van der Waals surface area contributed by atoms with E-state index in [2.05, 4.69) is 39.0 Å². The first-order chi connectivity index (χ1) is 14.0. The van der Waals surface area contributed by atoms with Crippen LogP contribution >= 0.6 is 15.9 Å². The van der Waals surface area contributed by atoms with E-state index in [1.165, 1.54) is 0 Å². The van der Waals surface area contributed by atoms with E-state index in [4.69, 9.17) is 15.4 Å². The summed E-state index contributed by atoms with van der Waals surface area (Å²) >= 11 is 3.56. The van der Waals surface area contributed by atoms with E-state index >= 15 is 0 Å². The highest BCUT2D eigenvalue weighted by molar-refractivity contribution is 9.10. The van der Waals surface area contributed by atoms with Crippen molar-refractivity contribution < 1.29 is 0 Å². The first-order valence-electron chi connectivity index (χ1n) is 9.38. The lowest BCUT2D eigenvalue weighted by molar-refractivity contribution is 0.828. The van der Waals surface area contributed by atoms with Crippen LogP contribution in [0.2, 0.25) is 0 Å². The van der Waals surface area contributed by atoms with E-state index in [1.807, 2.05) is 37.5 Å². The topological polar surface area (TPSA) is 79.5 Å². The summed E-state index contributed by atoms with van der Waals surface area (Å²) in [4.78, 5) is 9.54. The van der Waals surface area contributed by atoms with Crippen LogP contribution in [0, 0.1) is 12.3 Å². The zero-order valence-electron chi connectivity index (χ0n) is 16.1. The van der Waals surface area contributed by atoms with Gasteiger partial charge in [0.25, 0.3) is 0 Å². The van der Waals surface area contributed by atoms with E-state index in [0.717, 1.165) is 51.2 Å². The molecule has 0 saturated heterocycles. The van der Waals surface area contributed by atoms with Crippen molar-refractivity contribution >= 4 is 27.8 Å². The third-order valence-electron chi connectivity index (χ3n) is 4.88. The smallest absolute Gasteiger partial charge is 0.167 e. The molecular weight excluding hydrogens is 428 g/mol. The van der Waals surface area contributed by atoms with Crippen LogP contribution in [-0.2, 0) is 12.8 Å². The number of hydrogen-bond donors (Lipinski definition) is 2. The molecule has 1 aliphatic rings. The zero-order chi connectivity index (χ0) is 20.4. The van der Waals surface area contributed by atoms with Crippen LogP contribution in [0.3, 0.4) is 0 Å². The number of nitrogens with one attached hydrogen (secondary N) is 2. The maximum Gasteiger partial charge on any atom is 0.167 e. The fourth-order valence-corrected chi connectivity index (χ4v) is 3.70. The highest BCUT2D eigenvalue weighted by Crippen LogP contribution is 2.22. The molecule has 0 atom stereocenters. The number of aryl methyl sites for hydroxylation is 2. The Morgan fingerprint density at radius 1 is 1.34 bits per heavy atom. The minimum absolute atomic E-state index is 0.485. The minimum atomic E-state index is 0.485. The van der Waals surface area contributed by atoms with Crippen LogP contribution in [0.15, 0.2) is 53.9 Å². The van der Waals surface area contributed by atoms with Gasteiger partial charge in [0.2, 0.25) is 0 Å². The number of pyridine rings is 1. The predicted molar refractivity (Wildman–Crippen MR) is 118 cm³/mol. The second-order valence-corrected chi connectivity index (χ2v) is 7.75. The van der Waals surface area contributed by atoms with Crippen LogP contribution in [0.5, 0.6) is 0 Å². The van der Waals surface area contributed by atoms with E-state index in [1.54, 1.807) is 17.0 Å². The lowest BCUT2D eigenvalue weighted by atomic mass is 10.1. The summed E-state index contributed by atoms with van der Waals surface area (Å²) in [6.45, 7) is 5.73. The van der Waals surface area contributed by atoms with Gasteiger partial charge in [0.1, 0.15) is 5.82 Å². The maximum absolute atomic E-state index is 8.63. The van der Waals surface area contributed by atoms with Crippen LogP contribution in [0.4, 0.5) is 5.82 Å². The summed E-state index contributed by atoms with van der Waals surface area (Å²) in [5.74, 6) is 1.53. The summed E-state index contributed by atoms with van der Waals surface area (Å²) in [5.41, 5.74) is 4.55. The molecule has 0 radical (unpaired) electrons. The number of aromatic nitrogens is 4. The van der Waals surface area contributed by atoms with Gasteiger partial charge in [-0.2, -0.15) is 5.10 Å². The number of fused-ring (bicyclic) bond motifs is 1. The number of allylic oxidation sites excluding steroid dienone is 1. The monoisotopic (exact) mass is 448 g/mol. The molecule has 0 aliphatic carbocycles. The Hall–Kier alpha value is -3.06. The molecule has 0 spiro atoms. The molecule has 29 heavy (non-hydrogen) atoms. The Balaban J connectivity index is 1.74. The molecule has 0 saturated carbocycles. The van der Waals surface area contributed by atoms with Crippen LogP contribution < -0.4 is 10.7 Å². The standard InChI is InChI=1S/C22H21BrN6/c1-3-15-12-26-29(13-15)22-19(23)8-7-17(28-22)11-18-14(2)27-21-16(10-20(18)24)6-4-5-9-25-21/h3,5,7-10,12-13,24H,1,4,6,11H2,2H3,(H,25,27). The molecule has 2 N–H and O–H groups in total. The number of hydrogen-bond acceptors (Lipinski definition) is 5. The summed E-state index contributed by atoms with van der Waals surface area (Å²) in [7, 11) is 0. The average molecular weight is 449 g/mol. The molecule has 0 aromatic carbocycles. The summed E-state index contributed by atoms with van der Waals surface area (Å²) in [5, 5.41) is 16.7. The summed E-state index contributed by atoms with van der Waals surface area (Å²) in [6.07, 6.45) is 11.7. The number of nitrogens with zero attached hydrogens (tertiary/aromatic N) is 4. The predicted octanol–water partition coefficient (Wildman–Crippen LogP) is 4.32. The molecule has 0 fully saturated rings. The lowest BCUT2D eigenvalue weighted by Crippen LogP contribution is -2.10. The molecule has 1 aliphatic heterocycles. The third-order valence-corrected chi connectivity index (χ3v) is 5.50. The molecule has 4 rings (SSSR count). The highest BCUT2D eigenvalue weighted by Gasteiger charge is 2.13. The number of halogens is 1. The molecule has 146 valence electrons. The Bertz CT molecular complexity index is 1180. The van der Waals surface area contributed by atoms with Gasteiger partial charge in [0, 0.05) is 35.1 Å². The van der Waals surface area contributed by atoms with Crippen molar-refractivity contribution in [3.8, 4) is 5.82 Å². The van der Waals surface area contributed by atoms with Gasteiger partial charge in [-0.25, -0.2) is 14.6 Å². The Kier molecular flexibility index (Phi) is 5.40. The van der Waals surface area contributed by atoms with Crippen molar-refractivity contribution in [1.29, 1.82) is 5.41 Å². The molecular formula is C22H21BrN6. The highest BCUT2D eigenvalue weighted by atomic mass is 79.9. The van der Waals surface area contributed by atoms with Crippen molar-refractivity contribution in [1.82, 2.24) is 19.7 Å². The van der Waals surface area contributed by atoms with E-state index in [-0.39, 0.29) is 0 Å². The van der Waals surface area contributed by atoms with Gasteiger partial charge in [0.15, 0.2) is 5.82 Å². The zero-order valence-corrected chi connectivity index (χ0v) is 17.7. The Morgan fingerprint density at radius 2 is 2.21 bits per heavy atom. The first kappa shape index (κ1) is 19.3. The summed E-state index contributed by atoms with van der Waals surface area (Å²) in [6, 6.07) is 5.85. The molecule has 0 amide bonds. The van der Waals surface area contributed by atoms with E-state index in [9.17, 15) is 0 Å². The quantitative estimate of drug-likeness (QED) is 0.622. The van der Waals surface area contributed by atoms with Crippen LogP contribution in [0.1, 0.15) is 34.5 Å². The largest absolute Gasteiger partial charge is 0.347 e. The second-order valence-electron chi connectivity index (χ2n) is 6.90. The van der Waals surface area contributed by atoms with Gasteiger partial charge < -0.3 is 10.7 Å². The maximum atomic E-state index is 8.63. The van der Waals surface area contributed by atoms with Crippen LogP contribution in [-0.4, -0.2) is 19.7 Å². The fraction of sp³-hybridized carbons (Fsp3) is 0.182. The molecule has 0 unspecified atom stereocenters. The van der Waals surface area contributed by atoms with Gasteiger partial charge in [-0.3, -0.25) is 0 Å². The number of anilines is 1. The van der Waals surface area contributed by atoms with Gasteiger partial charge in [0.05, 0.1) is 16.0 Å². The fourth-order valence-electron chi connectivity index (χ4n) is 3.30. The minimum Gasteiger partial charge on any atom is -0.347 e. The van der Waals surface area contributed by atoms with E-state index in [0.29, 0.717) is 17.6 Å². The van der Waals surface area contributed by atoms with Crippen molar-refractivity contribution in [3.63, 3.8) is 0 Å². The van der Waals surface area contributed by atoms with Crippen molar-refractivity contribution in [3.05, 3.63) is 87.4 Å². The number of rotatable bonds is 4. The van der Waals surface area contributed by atoms with Gasteiger partial charge in [-0.15, -0.1) is 0 Å². The second kappa shape index (κ2) is 8.13. The molecule has 0 bridgehead atoms. The van der Waals surface area contributed by atoms with Crippen LogP contribution in [0.25, 0.3) is 11.9 Å². The van der Waals surface area contributed by atoms with Crippen molar-refractivity contribution in [2.24, 2.45) is 0 Å². The molecule has 3 aromatic heterocycles. The Labute approximate surface area is 177 Å². The van der Waals surface area contributed by atoms with Crippen molar-refractivity contribution in [2.45, 2.75) is 26.2 Å².